The Morgan fingerprint density at radius 3 is 2.32 bits per heavy atom. The van der Waals surface area contributed by atoms with Crippen molar-refractivity contribution in [2.24, 2.45) is 0 Å². The first-order valence-electron chi connectivity index (χ1n) is 6.01. The number of rotatable bonds is 5. The maximum Gasteiger partial charge on any atom is 0.416 e. The van der Waals surface area contributed by atoms with E-state index in [4.69, 9.17) is 5.11 Å². The van der Waals surface area contributed by atoms with Crippen molar-refractivity contribution in [3.63, 3.8) is 0 Å². The summed E-state index contributed by atoms with van der Waals surface area (Å²) in [4.78, 5) is 1.63. The molecular weight excluding hydrogens is 262 g/mol. The van der Waals surface area contributed by atoms with Crippen LogP contribution in [-0.2, 0) is 6.18 Å². The Kier molecular flexibility index (Phi) is 5.17. The summed E-state index contributed by atoms with van der Waals surface area (Å²) in [6, 6.07) is 2.43. The molecule has 0 aliphatic heterocycles. The van der Waals surface area contributed by atoms with E-state index < -0.39 is 17.6 Å². The standard InChI is InChI=1S/C13H17F4NO/c1-9(2)18(6-3-7-19)12-5-4-10(8-11(12)14)13(15,16)17/h4-5,8-9,19H,3,6-7H2,1-2H3. The van der Waals surface area contributed by atoms with Crippen LogP contribution in [0.1, 0.15) is 25.8 Å². The second-order valence-corrected chi connectivity index (χ2v) is 4.53. The summed E-state index contributed by atoms with van der Waals surface area (Å²) >= 11 is 0. The second-order valence-electron chi connectivity index (χ2n) is 4.53. The molecule has 0 aliphatic rings. The molecule has 0 bridgehead atoms. The Morgan fingerprint density at radius 1 is 1.26 bits per heavy atom. The highest BCUT2D eigenvalue weighted by Crippen LogP contribution is 2.32. The topological polar surface area (TPSA) is 23.5 Å². The molecular formula is C13H17F4NO. The average molecular weight is 279 g/mol. The first kappa shape index (κ1) is 15.8. The van der Waals surface area contributed by atoms with Crippen LogP contribution < -0.4 is 4.90 Å². The van der Waals surface area contributed by atoms with Crippen molar-refractivity contribution in [2.75, 3.05) is 18.1 Å². The number of benzene rings is 1. The molecule has 0 saturated carbocycles. The van der Waals surface area contributed by atoms with Gasteiger partial charge in [0.05, 0.1) is 11.3 Å². The van der Waals surface area contributed by atoms with Gasteiger partial charge in [0.25, 0.3) is 0 Å². The molecule has 6 heteroatoms. The Bertz CT molecular complexity index is 418. The minimum Gasteiger partial charge on any atom is -0.396 e. The van der Waals surface area contributed by atoms with Crippen LogP contribution in [0, 0.1) is 5.82 Å². The zero-order chi connectivity index (χ0) is 14.6. The molecule has 0 saturated heterocycles. The summed E-state index contributed by atoms with van der Waals surface area (Å²) in [6.45, 7) is 3.96. The Hall–Kier alpha value is -1.30. The van der Waals surface area contributed by atoms with Gasteiger partial charge in [-0.3, -0.25) is 0 Å². The summed E-state index contributed by atoms with van der Waals surface area (Å²) in [5.41, 5.74) is -0.879. The predicted molar refractivity (Wildman–Crippen MR) is 65.6 cm³/mol. The van der Waals surface area contributed by atoms with Crippen molar-refractivity contribution in [3.8, 4) is 0 Å². The minimum absolute atomic E-state index is 0.0501. The molecule has 0 spiro atoms. The highest BCUT2D eigenvalue weighted by Gasteiger charge is 2.31. The fourth-order valence-electron chi connectivity index (χ4n) is 1.81. The van der Waals surface area contributed by atoms with E-state index in [9.17, 15) is 17.6 Å². The Labute approximate surface area is 109 Å². The molecule has 19 heavy (non-hydrogen) atoms. The van der Waals surface area contributed by atoms with Crippen molar-refractivity contribution in [3.05, 3.63) is 29.6 Å². The molecule has 0 heterocycles. The summed E-state index contributed by atoms with van der Waals surface area (Å²) in [6.07, 6.45) is -4.12. The van der Waals surface area contributed by atoms with Crippen LogP contribution in [0.4, 0.5) is 23.2 Å². The quantitative estimate of drug-likeness (QED) is 0.835. The third kappa shape index (κ3) is 4.09. The first-order valence-corrected chi connectivity index (χ1v) is 6.01. The first-order chi connectivity index (χ1) is 8.77. The molecule has 108 valence electrons. The minimum atomic E-state index is -4.55. The average Bonchev–Trinajstić information content (AvgIpc) is 2.29. The Balaban J connectivity index is 3.05. The maximum atomic E-state index is 13.8. The van der Waals surface area contributed by atoms with Crippen LogP contribution in [-0.4, -0.2) is 24.3 Å². The lowest BCUT2D eigenvalue weighted by atomic mass is 10.1. The number of halogens is 4. The Morgan fingerprint density at radius 2 is 1.89 bits per heavy atom. The van der Waals surface area contributed by atoms with Crippen LogP contribution in [0.25, 0.3) is 0 Å². The molecule has 0 unspecified atom stereocenters. The number of hydrogen-bond donors (Lipinski definition) is 1. The van der Waals surface area contributed by atoms with Gasteiger partial charge >= 0.3 is 6.18 Å². The molecule has 0 aliphatic carbocycles. The van der Waals surface area contributed by atoms with E-state index in [2.05, 4.69) is 0 Å². The smallest absolute Gasteiger partial charge is 0.396 e. The fourth-order valence-corrected chi connectivity index (χ4v) is 1.81. The lowest BCUT2D eigenvalue weighted by Gasteiger charge is -2.29. The summed E-state index contributed by atoms with van der Waals surface area (Å²) in [7, 11) is 0. The van der Waals surface area contributed by atoms with E-state index in [-0.39, 0.29) is 18.3 Å². The molecule has 1 rings (SSSR count). The van der Waals surface area contributed by atoms with E-state index in [0.29, 0.717) is 19.0 Å². The molecule has 2 nitrogen and oxygen atoms in total. The van der Waals surface area contributed by atoms with Gasteiger partial charge in [-0.15, -0.1) is 0 Å². The van der Waals surface area contributed by atoms with E-state index in [1.165, 1.54) is 0 Å². The zero-order valence-electron chi connectivity index (χ0n) is 10.8. The van der Waals surface area contributed by atoms with Crippen LogP contribution in [0.15, 0.2) is 18.2 Å². The highest BCUT2D eigenvalue weighted by atomic mass is 19.4. The third-order valence-corrected chi connectivity index (χ3v) is 2.76. The van der Waals surface area contributed by atoms with Gasteiger partial charge in [0, 0.05) is 19.2 Å². The van der Waals surface area contributed by atoms with E-state index in [1.807, 2.05) is 13.8 Å². The monoisotopic (exact) mass is 279 g/mol. The van der Waals surface area contributed by atoms with Crippen molar-refractivity contribution < 1.29 is 22.7 Å². The molecule has 0 amide bonds. The van der Waals surface area contributed by atoms with Crippen LogP contribution >= 0.6 is 0 Å². The van der Waals surface area contributed by atoms with Crippen molar-refractivity contribution in [1.29, 1.82) is 0 Å². The molecule has 0 aromatic heterocycles. The molecule has 1 N–H and O–H groups in total. The molecule has 1 aromatic rings. The van der Waals surface area contributed by atoms with Gasteiger partial charge in [-0.1, -0.05) is 0 Å². The van der Waals surface area contributed by atoms with Crippen LogP contribution in [0.2, 0.25) is 0 Å². The van der Waals surface area contributed by atoms with Gasteiger partial charge in [-0.2, -0.15) is 13.2 Å². The number of nitrogens with zero attached hydrogens (tertiary/aromatic N) is 1. The van der Waals surface area contributed by atoms with Gasteiger partial charge in [0.2, 0.25) is 0 Å². The molecule has 0 radical (unpaired) electrons. The summed E-state index contributed by atoms with van der Waals surface area (Å²) < 4.78 is 51.2. The van der Waals surface area contributed by atoms with E-state index in [1.54, 1.807) is 4.90 Å². The number of aliphatic hydroxyl groups is 1. The van der Waals surface area contributed by atoms with Crippen LogP contribution in [0.5, 0.6) is 0 Å². The normalized spacial score (nSPS) is 12.0. The molecule has 0 atom stereocenters. The molecule has 0 fully saturated rings. The number of anilines is 1. The fraction of sp³-hybridized carbons (Fsp3) is 0.538. The van der Waals surface area contributed by atoms with Crippen LogP contribution in [0.3, 0.4) is 0 Å². The SMILES string of the molecule is CC(C)N(CCCO)c1ccc(C(F)(F)F)cc1F. The van der Waals surface area contributed by atoms with Crippen molar-refractivity contribution >= 4 is 5.69 Å². The van der Waals surface area contributed by atoms with Crippen molar-refractivity contribution in [1.82, 2.24) is 0 Å². The number of aliphatic hydroxyl groups excluding tert-OH is 1. The summed E-state index contributed by atoms with van der Waals surface area (Å²) in [5.74, 6) is -0.901. The maximum absolute atomic E-state index is 13.8. The zero-order valence-corrected chi connectivity index (χ0v) is 10.8. The van der Waals surface area contributed by atoms with Gasteiger partial charge in [0.1, 0.15) is 5.82 Å². The number of hydrogen-bond acceptors (Lipinski definition) is 2. The summed E-state index contributed by atoms with van der Waals surface area (Å²) in [5, 5.41) is 8.79. The molecule has 1 aromatic carbocycles. The predicted octanol–water partition coefficient (Wildman–Crippen LogP) is 3.44. The van der Waals surface area contributed by atoms with Gasteiger partial charge in [0.15, 0.2) is 0 Å². The largest absolute Gasteiger partial charge is 0.416 e. The van der Waals surface area contributed by atoms with Gasteiger partial charge in [-0.05, 0) is 38.5 Å². The van der Waals surface area contributed by atoms with E-state index >= 15 is 0 Å². The lowest BCUT2D eigenvalue weighted by Crippen LogP contribution is -2.33. The lowest BCUT2D eigenvalue weighted by molar-refractivity contribution is -0.137. The van der Waals surface area contributed by atoms with Crippen molar-refractivity contribution in [2.45, 2.75) is 32.5 Å². The highest BCUT2D eigenvalue weighted by molar-refractivity contribution is 5.50. The number of alkyl halides is 3. The second kappa shape index (κ2) is 6.23. The van der Waals surface area contributed by atoms with Gasteiger partial charge < -0.3 is 10.0 Å². The van der Waals surface area contributed by atoms with E-state index in [0.717, 1.165) is 12.1 Å². The van der Waals surface area contributed by atoms with Gasteiger partial charge in [-0.25, -0.2) is 4.39 Å². The third-order valence-electron chi connectivity index (χ3n) is 2.76.